The average molecular weight is 318 g/mol. The maximum atomic E-state index is 12.5. The van der Waals surface area contributed by atoms with Gasteiger partial charge in [-0.3, -0.25) is 0 Å². The Labute approximate surface area is 128 Å². The molecule has 0 heterocycles. The van der Waals surface area contributed by atoms with Crippen LogP contribution in [0, 0.1) is 0 Å². The molecule has 0 bridgehead atoms. The van der Waals surface area contributed by atoms with Gasteiger partial charge in [0.15, 0.2) is 0 Å². The molecule has 0 amide bonds. The Kier molecular flexibility index (Phi) is 7.56. The first-order chi connectivity index (χ1) is 9.51. The second-order valence-electron chi connectivity index (χ2n) is 5.03. The molecule has 114 valence electrons. The molecule has 0 fully saturated rings. The lowest BCUT2D eigenvalue weighted by Crippen LogP contribution is -2.36. The van der Waals surface area contributed by atoms with Crippen molar-refractivity contribution in [2.75, 3.05) is 24.7 Å². The van der Waals surface area contributed by atoms with Gasteiger partial charge in [0.1, 0.15) is 0 Å². The highest BCUT2D eigenvalue weighted by Crippen LogP contribution is 2.19. The molecule has 0 radical (unpaired) electrons. The smallest absolute Gasteiger partial charge is 0.212 e. The van der Waals surface area contributed by atoms with E-state index in [1.807, 2.05) is 37.3 Å². The minimum absolute atomic E-state index is 0.0133. The van der Waals surface area contributed by atoms with Crippen molar-refractivity contribution in [3.05, 3.63) is 35.9 Å². The number of alkyl halides is 1. The van der Waals surface area contributed by atoms with Gasteiger partial charge < -0.3 is 0 Å². The SMILES string of the molecule is CCCCN(CCCl)S(=O)(=O)CC(C)c1ccccc1. The molecule has 0 spiro atoms. The van der Waals surface area contributed by atoms with E-state index in [-0.39, 0.29) is 11.7 Å². The summed E-state index contributed by atoms with van der Waals surface area (Å²) < 4.78 is 26.5. The summed E-state index contributed by atoms with van der Waals surface area (Å²) in [7, 11) is -3.26. The second-order valence-corrected chi connectivity index (χ2v) is 7.42. The average Bonchev–Trinajstić information content (AvgIpc) is 2.43. The number of hydrogen-bond acceptors (Lipinski definition) is 2. The molecule has 1 atom stereocenters. The van der Waals surface area contributed by atoms with Crippen LogP contribution in [-0.2, 0) is 10.0 Å². The van der Waals surface area contributed by atoms with Crippen molar-refractivity contribution < 1.29 is 8.42 Å². The third-order valence-corrected chi connectivity index (χ3v) is 5.56. The molecule has 1 unspecified atom stereocenters. The van der Waals surface area contributed by atoms with E-state index >= 15 is 0 Å². The molecule has 0 N–H and O–H groups in total. The molecule has 1 rings (SSSR count). The number of sulfonamides is 1. The molecule has 1 aromatic rings. The van der Waals surface area contributed by atoms with Gasteiger partial charge in [0.25, 0.3) is 0 Å². The molecule has 0 saturated heterocycles. The Bertz CT molecular complexity index is 476. The van der Waals surface area contributed by atoms with Crippen LogP contribution in [0.1, 0.15) is 38.2 Å². The Morgan fingerprint density at radius 1 is 1.20 bits per heavy atom. The van der Waals surface area contributed by atoms with Crippen LogP contribution in [0.3, 0.4) is 0 Å². The van der Waals surface area contributed by atoms with E-state index in [9.17, 15) is 8.42 Å². The third-order valence-electron chi connectivity index (χ3n) is 3.32. The number of nitrogens with zero attached hydrogens (tertiary/aromatic N) is 1. The zero-order valence-electron chi connectivity index (χ0n) is 12.3. The van der Waals surface area contributed by atoms with Gasteiger partial charge in [-0.1, -0.05) is 50.6 Å². The summed E-state index contributed by atoms with van der Waals surface area (Å²) in [6.07, 6.45) is 1.85. The monoisotopic (exact) mass is 317 g/mol. The van der Waals surface area contributed by atoms with Crippen LogP contribution in [0.2, 0.25) is 0 Å². The normalized spacial score (nSPS) is 13.6. The number of hydrogen-bond donors (Lipinski definition) is 0. The Balaban J connectivity index is 2.75. The summed E-state index contributed by atoms with van der Waals surface area (Å²) in [5.41, 5.74) is 1.05. The molecule has 1 aromatic carbocycles. The van der Waals surface area contributed by atoms with E-state index in [1.54, 1.807) is 0 Å². The summed E-state index contributed by atoms with van der Waals surface area (Å²) in [6.45, 7) is 4.96. The number of unbranched alkanes of at least 4 members (excludes halogenated alkanes) is 1. The van der Waals surface area contributed by atoms with Crippen molar-refractivity contribution in [2.24, 2.45) is 0 Å². The first-order valence-corrected chi connectivity index (χ1v) is 9.24. The predicted molar refractivity (Wildman–Crippen MR) is 85.8 cm³/mol. The van der Waals surface area contributed by atoms with E-state index in [1.165, 1.54) is 4.31 Å². The van der Waals surface area contributed by atoms with E-state index in [4.69, 9.17) is 11.6 Å². The van der Waals surface area contributed by atoms with Crippen LogP contribution in [0.5, 0.6) is 0 Å². The van der Waals surface area contributed by atoms with Crippen LogP contribution in [-0.4, -0.2) is 37.4 Å². The summed E-state index contributed by atoms with van der Waals surface area (Å²) >= 11 is 5.73. The quantitative estimate of drug-likeness (QED) is 0.654. The third kappa shape index (κ3) is 5.43. The van der Waals surface area contributed by atoms with E-state index < -0.39 is 10.0 Å². The van der Waals surface area contributed by atoms with Crippen LogP contribution in [0.15, 0.2) is 30.3 Å². The molecular weight excluding hydrogens is 294 g/mol. The van der Waals surface area contributed by atoms with Gasteiger partial charge in [-0.2, -0.15) is 0 Å². The van der Waals surface area contributed by atoms with Crippen LogP contribution in [0.4, 0.5) is 0 Å². The lowest BCUT2D eigenvalue weighted by Gasteiger charge is -2.23. The highest BCUT2D eigenvalue weighted by molar-refractivity contribution is 7.89. The van der Waals surface area contributed by atoms with Crippen molar-refractivity contribution in [3.8, 4) is 0 Å². The van der Waals surface area contributed by atoms with Gasteiger partial charge >= 0.3 is 0 Å². The van der Waals surface area contributed by atoms with Gasteiger partial charge in [-0.25, -0.2) is 12.7 Å². The lowest BCUT2D eigenvalue weighted by atomic mass is 10.0. The minimum Gasteiger partial charge on any atom is -0.212 e. The van der Waals surface area contributed by atoms with Crippen LogP contribution >= 0.6 is 11.6 Å². The van der Waals surface area contributed by atoms with Gasteiger partial charge in [0.05, 0.1) is 5.75 Å². The van der Waals surface area contributed by atoms with E-state index in [0.29, 0.717) is 19.0 Å². The van der Waals surface area contributed by atoms with Crippen molar-refractivity contribution in [1.82, 2.24) is 4.31 Å². The predicted octanol–water partition coefficient (Wildman–Crippen LogP) is 3.46. The summed E-state index contributed by atoms with van der Waals surface area (Å²) in [5.74, 6) is 0.459. The first kappa shape index (κ1) is 17.5. The van der Waals surface area contributed by atoms with Gasteiger partial charge in [0.2, 0.25) is 10.0 Å². The molecule has 0 aliphatic carbocycles. The van der Waals surface area contributed by atoms with Gasteiger partial charge in [-0.15, -0.1) is 11.6 Å². The fourth-order valence-corrected chi connectivity index (χ4v) is 4.23. The first-order valence-electron chi connectivity index (χ1n) is 7.10. The zero-order valence-corrected chi connectivity index (χ0v) is 13.8. The molecule has 0 aliphatic rings. The van der Waals surface area contributed by atoms with Crippen molar-refractivity contribution in [1.29, 1.82) is 0 Å². The molecule has 5 heteroatoms. The summed E-state index contributed by atoms with van der Waals surface area (Å²) in [6, 6.07) is 9.75. The zero-order chi connectivity index (χ0) is 15.0. The topological polar surface area (TPSA) is 37.4 Å². The number of benzene rings is 1. The maximum absolute atomic E-state index is 12.5. The minimum atomic E-state index is -3.26. The summed E-state index contributed by atoms with van der Waals surface area (Å²) in [5, 5.41) is 0. The van der Waals surface area contributed by atoms with Crippen LogP contribution in [0.25, 0.3) is 0 Å². The largest absolute Gasteiger partial charge is 0.214 e. The number of rotatable bonds is 9. The fraction of sp³-hybridized carbons (Fsp3) is 0.600. The number of halogens is 1. The Hall–Kier alpha value is -0.580. The Morgan fingerprint density at radius 2 is 1.85 bits per heavy atom. The molecule has 0 aromatic heterocycles. The van der Waals surface area contributed by atoms with E-state index in [0.717, 1.165) is 18.4 Å². The van der Waals surface area contributed by atoms with Crippen molar-refractivity contribution in [2.45, 2.75) is 32.6 Å². The van der Waals surface area contributed by atoms with Crippen molar-refractivity contribution >= 4 is 21.6 Å². The molecular formula is C15H24ClNO2S. The van der Waals surface area contributed by atoms with Crippen molar-refractivity contribution in [3.63, 3.8) is 0 Å². The standard InChI is InChI=1S/C15H24ClNO2S/c1-3-4-11-17(12-10-16)20(18,19)13-14(2)15-8-6-5-7-9-15/h5-9,14H,3-4,10-13H2,1-2H3. The highest BCUT2D eigenvalue weighted by Gasteiger charge is 2.24. The molecule has 0 saturated carbocycles. The second kappa shape index (κ2) is 8.65. The lowest BCUT2D eigenvalue weighted by molar-refractivity contribution is 0.418. The van der Waals surface area contributed by atoms with Crippen LogP contribution < -0.4 is 0 Å². The van der Waals surface area contributed by atoms with Gasteiger partial charge in [-0.05, 0) is 17.9 Å². The molecule has 20 heavy (non-hydrogen) atoms. The van der Waals surface area contributed by atoms with E-state index in [2.05, 4.69) is 6.92 Å². The van der Waals surface area contributed by atoms with Gasteiger partial charge in [0, 0.05) is 19.0 Å². The maximum Gasteiger partial charge on any atom is 0.214 e. The highest BCUT2D eigenvalue weighted by atomic mass is 35.5. The molecule has 0 aliphatic heterocycles. The fourth-order valence-electron chi connectivity index (χ4n) is 2.12. The Morgan fingerprint density at radius 3 is 2.40 bits per heavy atom. The molecule has 3 nitrogen and oxygen atoms in total. The summed E-state index contributed by atoms with van der Waals surface area (Å²) in [4.78, 5) is 0.